The summed E-state index contributed by atoms with van der Waals surface area (Å²) in [4.78, 5) is -0.527. The lowest BCUT2D eigenvalue weighted by Gasteiger charge is -2.38. The van der Waals surface area contributed by atoms with Crippen molar-refractivity contribution in [2.24, 2.45) is 0 Å². The molecule has 0 aliphatic carbocycles. The quantitative estimate of drug-likeness (QED) is 0.624. The van der Waals surface area contributed by atoms with Gasteiger partial charge in [0, 0.05) is 13.0 Å². The molecule has 3 rings (SSSR count). The minimum Gasteiger partial charge on any atom is -0.415 e. The molecule has 6 nitrogen and oxygen atoms in total. The van der Waals surface area contributed by atoms with Crippen molar-refractivity contribution in [3.8, 4) is 0 Å². The van der Waals surface area contributed by atoms with Crippen LogP contribution < -0.4 is 0 Å². The van der Waals surface area contributed by atoms with Crippen LogP contribution in [0.2, 0.25) is 0 Å². The summed E-state index contributed by atoms with van der Waals surface area (Å²) in [7, 11) is -4.31. The van der Waals surface area contributed by atoms with Gasteiger partial charge in [-0.15, -0.1) is 10.2 Å². The van der Waals surface area contributed by atoms with Crippen LogP contribution in [0.3, 0.4) is 0 Å². The van der Waals surface area contributed by atoms with Gasteiger partial charge in [0.05, 0.1) is 15.2 Å². The Morgan fingerprint density at radius 3 is 2.40 bits per heavy atom. The molecule has 30 heavy (non-hydrogen) atoms. The lowest BCUT2D eigenvalue weighted by Crippen LogP contribution is -2.44. The molecule has 0 amide bonds. The van der Waals surface area contributed by atoms with Crippen LogP contribution in [0, 0.1) is 0 Å². The summed E-state index contributed by atoms with van der Waals surface area (Å²) in [5, 5.41) is 6.20. The van der Waals surface area contributed by atoms with Crippen molar-refractivity contribution in [3.63, 3.8) is 0 Å². The second kappa shape index (κ2) is 7.52. The lowest BCUT2D eigenvalue weighted by molar-refractivity contribution is -0.158. The molecular formula is C17H16F6N2O4S. The SMILES string of the molecule is CCC1(S(=O)(=O)c2cccc(C(F)(F)F)c2)CCOC(c2nnc(C(F)(F)F)o2)C1. The average Bonchev–Trinajstić information content (AvgIpc) is 3.18. The third kappa shape index (κ3) is 4.04. The van der Waals surface area contributed by atoms with E-state index in [4.69, 9.17) is 4.74 Å². The Morgan fingerprint density at radius 2 is 1.83 bits per heavy atom. The van der Waals surface area contributed by atoms with Crippen LogP contribution >= 0.6 is 0 Å². The smallest absolute Gasteiger partial charge is 0.415 e. The second-order valence-electron chi connectivity index (χ2n) is 6.82. The molecule has 1 aliphatic rings. The molecule has 2 atom stereocenters. The maximum atomic E-state index is 13.3. The largest absolute Gasteiger partial charge is 0.470 e. The fourth-order valence-corrected chi connectivity index (χ4v) is 5.51. The van der Waals surface area contributed by atoms with E-state index in [2.05, 4.69) is 14.6 Å². The Kier molecular flexibility index (Phi) is 5.65. The molecule has 2 aromatic rings. The molecule has 0 radical (unpaired) electrons. The van der Waals surface area contributed by atoms with Crippen molar-refractivity contribution in [1.29, 1.82) is 0 Å². The molecule has 0 N–H and O–H groups in total. The number of halogens is 6. The van der Waals surface area contributed by atoms with Gasteiger partial charge in [-0.3, -0.25) is 0 Å². The van der Waals surface area contributed by atoms with Crippen LogP contribution in [0.15, 0.2) is 33.6 Å². The van der Waals surface area contributed by atoms with Crippen molar-refractivity contribution < 1.29 is 43.9 Å². The summed E-state index contributed by atoms with van der Waals surface area (Å²) >= 11 is 0. The molecule has 166 valence electrons. The van der Waals surface area contributed by atoms with Gasteiger partial charge in [-0.05, 0) is 31.0 Å². The highest BCUT2D eigenvalue weighted by molar-refractivity contribution is 7.92. The molecule has 1 aromatic heterocycles. The van der Waals surface area contributed by atoms with E-state index in [9.17, 15) is 34.8 Å². The first-order chi connectivity index (χ1) is 13.8. The summed E-state index contributed by atoms with van der Waals surface area (Å²) in [5.41, 5.74) is -1.12. The van der Waals surface area contributed by atoms with Crippen LogP contribution in [0.5, 0.6) is 0 Å². The first kappa shape index (κ1) is 22.5. The summed E-state index contributed by atoms with van der Waals surface area (Å²) < 4.78 is 112. The standard InChI is InChI=1S/C17H16F6N2O4S/c1-2-15(30(26,27)11-5-3-4-10(8-11)16(18,19)20)6-7-28-12(9-15)13-24-25-14(29-13)17(21,22)23/h3-5,8,12H,2,6-7,9H2,1H3. The van der Waals surface area contributed by atoms with Crippen LogP contribution in [0.4, 0.5) is 26.3 Å². The number of hydrogen-bond donors (Lipinski definition) is 0. The normalized spacial score (nSPS) is 23.5. The Balaban J connectivity index is 1.97. The number of aromatic nitrogens is 2. The van der Waals surface area contributed by atoms with E-state index in [1.54, 1.807) is 0 Å². The number of sulfone groups is 1. The lowest BCUT2D eigenvalue weighted by atomic mass is 9.92. The van der Waals surface area contributed by atoms with Crippen LogP contribution in [0.1, 0.15) is 49.6 Å². The molecule has 0 spiro atoms. The highest BCUT2D eigenvalue weighted by Crippen LogP contribution is 2.45. The van der Waals surface area contributed by atoms with Gasteiger partial charge in [-0.1, -0.05) is 13.0 Å². The van der Waals surface area contributed by atoms with Crippen molar-refractivity contribution in [3.05, 3.63) is 41.6 Å². The monoisotopic (exact) mass is 458 g/mol. The Labute approximate surface area is 167 Å². The Bertz CT molecular complexity index is 1020. The first-order valence-corrected chi connectivity index (χ1v) is 10.2. The molecule has 1 fully saturated rings. The van der Waals surface area contributed by atoms with Gasteiger partial charge in [-0.25, -0.2) is 8.42 Å². The van der Waals surface area contributed by atoms with E-state index in [1.165, 1.54) is 6.92 Å². The highest BCUT2D eigenvalue weighted by Gasteiger charge is 2.49. The fourth-order valence-electron chi connectivity index (χ4n) is 3.37. The van der Waals surface area contributed by atoms with Gasteiger partial charge in [0.25, 0.3) is 0 Å². The minimum atomic E-state index is -4.88. The summed E-state index contributed by atoms with van der Waals surface area (Å²) in [6.07, 6.45) is -11.3. The summed E-state index contributed by atoms with van der Waals surface area (Å²) in [6, 6.07) is 3.34. The average molecular weight is 458 g/mol. The number of hydrogen-bond acceptors (Lipinski definition) is 6. The Morgan fingerprint density at radius 1 is 1.13 bits per heavy atom. The number of ether oxygens (including phenoxy) is 1. The predicted octanol–water partition coefficient (Wildman–Crippen LogP) is 4.58. The minimum absolute atomic E-state index is 0.00823. The zero-order valence-electron chi connectivity index (χ0n) is 15.4. The predicted molar refractivity (Wildman–Crippen MR) is 88.9 cm³/mol. The molecule has 1 saturated heterocycles. The maximum absolute atomic E-state index is 13.3. The van der Waals surface area contributed by atoms with Gasteiger partial charge >= 0.3 is 18.2 Å². The number of alkyl halides is 6. The van der Waals surface area contributed by atoms with Crippen LogP contribution in [-0.2, 0) is 26.9 Å². The van der Waals surface area contributed by atoms with E-state index in [0.29, 0.717) is 6.07 Å². The number of rotatable bonds is 4. The van der Waals surface area contributed by atoms with Crippen LogP contribution in [-0.4, -0.2) is 30.0 Å². The molecule has 0 saturated carbocycles. The van der Waals surface area contributed by atoms with Crippen molar-refractivity contribution >= 4 is 9.84 Å². The molecule has 2 heterocycles. The molecule has 2 unspecified atom stereocenters. The summed E-state index contributed by atoms with van der Waals surface area (Å²) in [5.74, 6) is -2.14. The highest BCUT2D eigenvalue weighted by atomic mass is 32.2. The van der Waals surface area contributed by atoms with Crippen molar-refractivity contribution in [2.75, 3.05) is 6.61 Å². The number of benzene rings is 1. The van der Waals surface area contributed by atoms with Gasteiger partial charge < -0.3 is 9.15 Å². The van der Waals surface area contributed by atoms with Crippen molar-refractivity contribution in [1.82, 2.24) is 10.2 Å². The fraction of sp³-hybridized carbons (Fsp3) is 0.529. The van der Waals surface area contributed by atoms with E-state index in [1.807, 2.05) is 0 Å². The van der Waals surface area contributed by atoms with E-state index < -0.39 is 55.3 Å². The van der Waals surface area contributed by atoms with Gasteiger partial charge in [-0.2, -0.15) is 26.3 Å². The molecule has 1 aliphatic heterocycles. The van der Waals surface area contributed by atoms with Gasteiger partial charge in [0.1, 0.15) is 6.10 Å². The second-order valence-corrected chi connectivity index (χ2v) is 9.17. The molecule has 1 aromatic carbocycles. The third-order valence-electron chi connectivity index (χ3n) is 5.08. The zero-order chi connectivity index (χ0) is 22.4. The van der Waals surface area contributed by atoms with Gasteiger partial charge in [0.2, 0.25) is 5.89 Å². The topological polar surface area (TPSA) is 82.3 Å². The molecule has 13 heteroatoms. The van der Waals surface area contributed by atoms with Crippen molar-refractivity contribution in [2.45, 2.75) is 54.3 Å². The van der Waals surface area contributed by atoms with Crippen LogP contribution in [0.25, 0.3) is 0 Å². The number of nitrogens with zero attached hydrogens (tertiary/aromatic N) is 2. The Hall–Kier alpha value is -2.15. The zero-order valence-corrected chi connectivity index (χ0v) is 16.2. The first-order valence-electron chi connectivity index (χ1n) is 8.74. The molecule has 0 bridgehead atoms. The van der Waals surface area contributed by atoms with E-state index >= 15 is 0 Å². The maximum Gasteiger partial charge on any atom is 0.470 e. The third-order valence-corrected chi connectivity index (χ3v) is 7.75. The summed E-state index contributed by atoms with van der Waals surface area (Å²) in [6.45, 7) is 1.36. The van der Waals surface area contributed by atoms with Gasteiger partial charge in [0.15, 0.2) is 9.84 Å². The molecular weight excluding hydrogens is 442 g/mol. The van der Waals surface area contributed by atoms with E-state index in [0.717, 1.165) is 18.2 Å². The van der Waals surface area contributed by atoms with E-state index in [-0.39, 0.29) is 25.9 Å².